The Morgan fingerprint density at radius 3 is 1.96 bits per heavy atom. The van der Waals surface area contributed by atoms with Gasteiger partial charge >= 0.3 is 0 Å². The van der Waals surface area contributed by atoms with Gasteiger partial charge in [-0.1, -0.05) is 115 Å². The average molecular weight is 586 g/mol. The quantitative estimate of drug-likeness (QED) is 0.203. The Morgan fingerprint density at radius 2 is 1.09 bits per heavy atom. The molecule has 4 heteroatoms. The molecule has 0 amide bonds. The fraction of sp³-hybridized carbons (Fsp3) is 0. The molecule has 0 saturated carbocycles. The molecule has 0 bridgehead atoms. The third-order valence-corrected chi connectivity index (χ3v) is 9.77. The first-order valence-corrected chi connectivity index (χ1v) is 15.6. The zero-order valence-electron chi connectivity index (χ0n) is 24.5. The molecule has 0 unspecified atom stereocenters. The molecule has 11 rings (SSSR count). The van der Waals surface area contributed by atoms with Crippen molar-refractivity contribution in [3.05, 3.63) is 140 Å². The van der Waals surface area contributed by atoms with Crippen LogP contribution in [0.4, 0.5) is 0 Å². The van der Waals surface area contributed by atoms with Crippen molar-refractivity contribution in [2.24, 2.45) is 0 Å². The summed E-state index contributed by atoms with van der Waals surface area (Å²) in [5, 5.41) is 9.12. The van der Waals surface area contributed by atoms with E-state index >= 15 is 0 Å². The summed E-state index contributed by atoms with van der Waals surface area (Å²) in [6.45, 7) is 0. The van der Waals surface area contributed by atoms with Gasteiger partial charge in [0.05, 0.1) is 22.1 Å². The molecule has 0 N–H and O–H groups in total. The molecule has 0 spiro atoms. The van der Waals surface area contributed by atoms with Crippen molar-refractivity contribution in [2.75, 3.05) is 0 Å². The molecule has 0 saturated heterocycles. The fourth-order valence-electron chi connectivity index (χ4n) is 7.79. The van der Waals surface area contributed by atoms with Crippen molar-refractivity contribution in [3.63, 3.8) is 0 Å². The van der Waals surface area contributed by atoms with Gasteiger partial charge in [0.25, 0.3) is 0 Å². The molecular formula is C42H23N3O. The predicted octanol–water partition coefficient (Wildman–Crippen LogP) is 11.1. The van der Waals surface area contributed by atoms with E-state index in [4.69, 9.17) is 14.4 Å². The Morgan fingerprint density at radius 1 is 0.435 bits per heavy atom. The minimum Gasteiger partial charge on any atom is -0.437 e. The molecule has 1 aliphatic carbocycles. The maximum absolute atomic E-state index is 6.51. The van der Waals surface area contributed by atoms with Gasteiger partial charge in [-0.25, -0.2) is 4.98 Å². The number of aromatic nitrogens is 3. The zero-order valence-corrected chi connectivity index (χ0v) is 24.5. The lowest BCUT2D eigenvalue weighted by molar-refractivity contribution is 0.651. The van der Waals surface area contributed by atoms with Crippen LogP contribution in [-0.2, 0) is 0 Å². The summed E-state index contributed by atoms with van der Waals surface area (Å²) in [7, 11) is 0. The molecule has 3 aromatic heterocycles. The minimum atomic E-state index is 0.583. The van der Waals surface area contributed by atoms with Crippen LogP contribution in [-0.4, -0.2) is 14.5 Å². The van der Waals surface area contributed by atoms with Crippen molar-refractivity contribution in [1.82, 2.24) is 14.5 Å². The normalized spacial score (nSPS) is 12.3. The van der Waals surface area contributed by atoms with E-state index in [-0.39, 0.29) is 0 Å². The molecule has 0 aliphatic heterocycles. The first-order chi connectivity index (χ1) is 22.8. The molecule has 4 nitrogen and oxygen atoms in total. The highest BCUT2D eigenvalue weighted by molar-refractivity contribution is 6.21. The summed E-state index contributed by atoms with van der Waals surface area (Å²) in [4.78, 5) is 10.7. The molecule has 0 atom stereocenters. The van der Waals surface area contributed by atoms with Crippen LogP contribution < -0.4 is 0 Å². The van der Waals surface area contributed by atoms with Crippen molar-refractivity contribution in [2.45, 2.75) is 0 Å². The number of hydrogen-bond acceptors (Lipinski definition) is 3. The van der Waals surface area contributed by atoms with Crippen LogP contribution in [0.5, 0.6) is 0 Å². The van der Waals surface area contributed by atoms with Crippen LogP contribution in [0.3, 0.4) is 0 Å². The SMILES string of the molecule is c1ccc2c(c1)-c1cccc3c(-c4nc(-n5c6ccccc6c6cc7ccccc7cc65)nc5oc6ccccc6c45)ccc-2c13. The molecule has 7 aromatic carbocycles. The summed E-state index contributed by atoms with van der Waals surface area (Å²) in [5.74, 6) is 0.592. The van der Waals surface area contributed by atoms with Gasteiger partial charge in [-0.15, -0.1) is 0 Å². The van der Waals surface area contributed by atoms with Gasteiger partial charge in [0.2, 0.25) is 11.7 Å². The molecular weight excluding hydrogens is 562 g/mol. The predicted molar refractivity (Wildman–Crippen MR) is 189 cm³/mol. The zero-order chi connectivity index (χ0) is 29.9. The second kappa shape index (κ2) is 8.68. The van der Waals surface area contributed by atoms with Crippen LogP contribution in [0, 0.1) is 0 Å². The lowest BCUT2D eigenvalue weighted by atomic mass is 9.95. The van der Waals surface area contributed by atoms with Crippen LogP contribution >= 0.6 is 0 Å². The first-order valence-electron chi connectivity index (χ1n) is 15.6. The second-order valence-corrected chi connectivity index (χ2v) is 12.2. The average Bonchev–Trinajstić information content (AvgIpc) is 3.76. The Balaban J connectivity index is 1.28. The van der Waals surface area contributed by atoms with E-state index in [1.165, 1.54) is 54.6 Å². The summed E-state index contributed by atoms with van der Waals surface area (Å²) in [6, 6.07) is 49.6. The summed E-state index contributed by atoms with van der Waals surface area (Å²) < 4.78 is 8.70. The maximum atomic E-state index is 6.51. The van der Waals surface area contributed by atoms with E-state index in [1.54, 1.807) is 0 Å². The third-order valence-electron chi connectivity index (χ3n) is 9.77. The molecule has 3 heterocycles. The Hall–Kier alpha value is -6.26. The van der Waals surface area contributed by atoms with E-state index in [0.29, 0.717) is 11.7 Å². The smallest absolute Gasteiger partial charge is 0.238 e. The van der Waals surface area contributed by atoms with Crippen LogP contribution in [0.15, 0.2) is 144 Å². The van der Waals surface area contributed by atoms with Crippen LogP contribution in [0.25, 0.3) is 105 Å². The number of furan rings is 1. The highest BCUT2D eigenvalue weighted by Gasteiger charge is 2.26. The summed E-state index contributed by atoms with van der Waals surface area (Å²) in [5.41, 5.74) is 10.5. The third kappa shape index (κ3) is 3.07. The first kappa shape index (κ1) is 24.1. The van der Waals surface area contributed by atoms with Crippen molar-refractivity contribution >= 4 is 65.4 Å². The highest BCUT2D eigenvalue weighted by Crippen LogP contribution is 2.50. The summed E-state index contributed by atoms with van der Waals surface area (Å²) >= 11 is 0. The monoisotopic (exact) mass is 585 g/mol. The topological polar surface area (TPSA) is 43.9 Å². The number of nitrogens with zero attached hydrogens (tertiary/aromatic N) is 3. The van der Waals surface area contributed by atoms with Gasteiger partial charge in [0.15, 0.2) is 0 Å². The number of benzene rings is 7. The molecule has 0 radical (unpaired) electrons. The fourth-order valence-corrected chi connectivity index (χ4v) is 7.79. The Kier molecular flexibility index (Phi) is 4.55. The molecule has 0 fully saturated rings. The van der Waals surface area contributed by atoms with Gasteiger partial charge in [-0.05, 0) is 68.1 Å². The van der Waals surface area contributed by atoms with E-state index in [1.807, 2.05) is 12.1 Å². The molecule has 10 aromatic rings. The number of fused-ring (bicyclic) bond motifs is 10. The lowest BCUT2D eigenvalue weighted by Crippen LogP contribution is -2.03. The minimum absolute atomic E-state index is 0.583. The Labute approximate surface area is 262 Å². The van der Waals surface area contributed by atoms with E-state index in [2.05, 4.69) is 132 Å². The van der Waals surface area contributed by atoms with Crippen LogP contribution in [0.2, 0.25) is 0 Å². The van der Waals surface area contributed by atoms with Gasteiger partial charge in [-0.2, -0.15) is 4.98 Å². The van der Waals surface area contributed by atoms with Crippen molar-refractivity contribution in [1.29, 1.82) is 0 Å². The van der Waals surface area contributed by atoms with Crippen molar-refractivity contribution < 1.29 is 4.42 Å². The molecule has 46 heavy (non-hydrogen) atoms. The molecule has 212 valence electrons. The second-order valence-electron chi connectivity index (χ2n) is 12.2. The lowest BCUT2D eigenvalue weighted by Gasteiger charge is -2.13. The number of para-hydroxylation sites is 2. The standard InChI is InChI=1S/C42H23N3O/c1-2-11-25-23-36-34(22-24(25)10-1)28-14-5-7-18-35(28)45(36)42-43-40(39-33-15-6-8-19-37(33)46-41(39)44-42)32-21-20-31-27-13-4-3-12-26(27)29-16-9-17-30(32)38(29)31/h1-23H. The van der Waals surface area contributed by atoms with Gasteiger partial charge in [0, 0.05) is 21.7 Å². The van der Waals surface area contributed by atoms with Gasteiger partial charge < -0.3 is 4.42 Å². The van der Waals surface area contributed by atoms with Gasteiger partial charge in [0.1, 0.15) is 5.58 Å². The van der Waals surface area contributed by atoms with Gasteiger partial charge in [-0.3, -0.25) is 4.57 Å². The molecule has 1 aliphatic rings. The van der Waals surface area contributed by atoms with Crippen molar-refractivity contribution in [3.8, 4) is 39.5 Å². The highest BCUT2D eigenvalue weighted by atomic mass is 16.3. The maximum Gasteiger partial charge on any atom is 0.238 e. The number of hydrogen-bond donors (Lipinski definition) is 0. The van der Waals surface area contributed by atoms with Crippen LogP contribution in [0.1, 0.15) is 0 Å². The van der Waals surface area contributed by atoms with E-state index < -0.39 is 0 Å². The Bertz CT molecular complexity index is 2900. The summed E-state index contributed by atoms with van der Waals surface area (Å²) in [6.07, 6.45) is 0. The largest absolute Gasteiger partial charge is 0.437 e. The van der Waals surface area contributed by atoms with E-state index in [9.17, 15) is 0 Å². The van der Waals surface area contributed by atoms with E-state index in [0.717, 1.165) is 38.6 Å². The number of rotatable bonds is 2.